The van der Waals surface area contributed by atoms with Crippen molar-refractivity contribution in [1.29, 1.82) is 0 Å². The Hall–Kier alpha value is -2.87. The van der Waals surface area contributed by atoms with Gasteiger partial charge in [-0.15, -0.1) is 0 Å². The van der Waals surface area contributed by atoms with E-state index in [0.29, 0.717) is 17.7 Å². The molecule has 1 aliphatic rings. The summed E-state index contributed by atoms with van der Waals surface area (Å²) in [6, 6.07) is 12.8. The van der Waals surface area contributed by atoms with Crippen LogP contribution in [0.2, 0.25) is 0 Å². The number of phenolic OH excluding ortho intramolecular Hbond substituents is 1. The van der Waals surface area contributed by atoms with Gasteiger partial charge in [-0.05, 0) is 37.1 Å². The van der Waals surface area contributed by atoms with Gasteiger partial charge in [-0.2, -0.15) is 0 Å². The van der Waals surface area contributed by atoms with E-state index in [-0.39, 0.29) is 22.8 Å². The van der Waals surface area contributed by atoms with E-state index in [9.17, 15) is 23.1 Å². The van der Waals surface area contributed by atoms with E-state index in [2.05, 4.69) is 0 Å². The number of aromatic hydroxyl groups is 1. The van der Waals surface area contributed by atoms with Crippen LogP contribution in [-0.2, 0) is 19.4 Å². The first-order valence-electron chi connectivity index (χ1n) is 8.82. The quantitative estimate of drug-likeness (QED) is 0.767. The molecule has 0 aliphatic carbocycles. The molecule has 1 amide bonds. The van der Waals surface area contributed by atoms with Crippen LogP contribution in [0.3, 0.4) is 0 Å². The fourth-order valence-electron chi connectivity index (χ4n) is 3.22. The molecule has 0 unspecified atom stereocenters. The largest absolute Gasteiger partial charge is 0.507 e. The van der Waals surface area contributed by atoms with E-state index in [4.69, 9.17) is 4.74 Å². The smallest absolute Gasteiger partial charge is 0.342 e. The highest BCUT2D eigenvalue weighted by Crippen LogP contribution is 2.25. The molecule has 1 fully saturated rings. The predicted octanol–water partition coefficient (Wildman–Crippen LogP) is 2.08. The standard InChI is InChI=1S/C20H21NO6S/c1-14-6-5-9-17(19(14)23)20(24)27-12-18(22)21(15-7-3-2-4-8-15)16-10-11-28(25,26)13-16/h2-9,16,23H,10-13H2,1H3/t16-/m1/s1. The summed E-state index contributed by atoms with van der Waals surface area (Å²) in [6.45, 7) is 1.09. The maximum absolute atomic E-state index is 12.8. The van der Waals surface area contributed by atoms with Gasteiger partial charge in [0, 0.05) is 5.69 Å². The molecule has 0 saturated carbocycles. The van der Waals surface area contributed by atoms with Gasteiger partial charge in [0.2, 0.25) is 0 Å². The minimum absolute atomic E-state index is 0.0191. The Morgan fingerprint density at radius 1 is 1.14 bits per heavy atom. The number of hydrogen-bond acceptors (Lipinski definition) is 6. The van der Waals surface area contributed by atoms with Gasteiger partial charge in [0.15, 0.2) is 16.4 Å². The van der Waals surface area contributed by atoms with Crippen LogP contribution in [0.25, 0.3) is 0 Å². The summed E-state index contributed by atoms with van der Waals surface area (Å²) in [5.74, 6) is -1.64. The Morgan fingerprint density at radius 3 is 2.50 bits per heavy atom. The zero-order chi connectivity index (χ0) is 20.3. The van der Waals surface area contributed by atoms with E-state index < -0.39 is 34.4 Å². The van der Waals surface area contributed by atoms with Crippen LogP contribution < -0.4 is 4.90 Å². The average molecular weight is 403 g/mol. The molecule has 0 bridgehead atoms. The number of benzene rings is 2. The number of para-hydroxylation sites is 2. The van der Waals surface area contributed by atoms with Crippen molar-refractivity contribution in [3.05, 3.63) is 59.7 Å². The second kappa shape index (κ2) is 8.02. The first-order chi connectivity index (χ1) is 13.3. The van der Waals surface area contributed by atoms with E-state index in [1.54, 1.807) is 49.4 Å². The first kappa shape index (κ1) is 19.9. The van der Waals surface area contributed by atoms with E-state index in [0.717, 1.165) is 0 Å². The number of anilines is 1. The van der Waals surface area contributed by atoms with Crippen molar-refractivity contribution in [2.24, 2.45) is 0 Å². The molecule has 1 atom stereocenters. The maximum atomic E-state index is 12.8. The third-order valence-electron chi connectivity index (χ3n) is 4.66. The molecule has 7 nitrogen and oxygen atoms in total. The molecule has 0 aromatic heterocycles. The van der Waals surface area contributed by atoms with Gasteiger partial charge >= 0.3 is 5.97 Å². The van der Waals surface area contributed by atoms with Gasteiger partial charge in [0.05, 0.1) is 17.5 Å². The molecule has 2 aromatic carbocycles. The van der Waals surface area contributed by atoms with Crippen molar-refractivity contribution in [3.63, 3.8) is 0 Å². The molecule has 1 aliphatic heterocycles. The molecule has 8 heteroatoms. The first-order valence-corrected chi connectivity index (χ1v) is 10.6. The highest BCUT2D eigenvalue weighted by molar-refractivity contribution is 7.91. The lowest BCUT2D eigenvalue weighted by Crippen LogP contribution is -2.43. The van der Waals surface area contributed by atoms with Crippen molar-refractivity contribution >= 4 is 27.4 Å². The van der Waals surface area contributed by atoms with Crippen molar-refractivity contribution in [1.82, 2.24) is 0 Å². The Labute approximate surface area is 163 Å². The van der Waals surface area contributed by atoms with Crippen molar-refractivity contribution in [2.75, 3.05) is 23.0 Å². The number of nitrogens with zero attached hydrogens (tertiary/aromatic N) is 1. The fourth-order valence-corrected chi connectivity index (χ4v) is 4.92. The van der Waals surface area contributed by atoms with Gasteiger partial charge in [-0.3, -0.25) is 4.79 Å². The number of sulfone groups is 1. The third-order valence-corrected chi connectivity index (χ3v) is 6.41. The summed E-state index contributed by atoms with van der Waals surface area (Å²) in [5, 5.41) is 9.99. The van der Waals surface area contributed by atoms with Crippen molar-refractivity contribution in [3.8, 4) is 5.75 Å². The van der Waals surface area contributed by atoms with E-state index in [1.807, 2.05) is 0 Å². The van der Waals surface area contributed by atoms with Crippen molar-refractivity contribution in [2.45, 2.75) is 19.4 Å². The number of amides is 1. The lowest BCUT2D eigenvalue weighted by atomic mass is 10.1. The molecule has 1 heterocycles. The molecule has 1 saturated heterocycles. The highest BCUT2D eigenvalue weighted by Gasteiger charge is 2.35. The Balaban J connectivity index is 1.77. The van der Waals surface area contributed by atoms with Gasteiger partial charge in [0.1, 0.15) is 11.3 Å². The van der Waals surface area contributed by atoms with E-state index >= 15 is 0 Å². The van der Waals surface area contributed by atoms with Crippen LogP contribution in [0.4, 0.5) is 5.69 Å². The van der Waals surface area contributed by atoms with Crippen LogP contribution in [0, 0.1) is 6.92 Å². The van der Waals surface area contributed by atoms with Crippen LogP contribution in [0.15, 0.2) is 48.5 Å². The van der Waals surface area contributed by atoms with Crippen LogP contribution in [-0.4, -0.2) is 49.6 Å². The Kier molecular flexibility index (Phi) is 5.69. The second-order valence-electron chi connectivity index (χ2n) is 6.70. The number of esters is 1. The average Bonchev–Trinajstić information content (AvgIpc) is 3.02. The van der Waals surface area contributed by atoms with Gasteiger partial charge in [-0.25, -0.2) is 13.2 Å². The summed E-state index contributed by atoms with van der Waals surface area (Å²) in [6.07, 6.45) is 0.329. The number of ether oxygens (including phenoxy) is 1. The van der Waals surface area contributed by atoms with Crippen LogP contribution in [0.1, 0.15) is 22.3 Å². The molecular weight excluding hydrogens is 382 g/mol. The summed E-state index contributed by atoms with van der Waals surface area (Å²) < 4.78 is 28.8. The zero-order valence-corrected chi connectivity index (χ0v) is 16.2. The highest BCUT2D eigenvalue weighted by atomic mass is 32.2. The van der Waals surface area contributed by atoms with Gasteiger partial charge in [-0.1, -0.05) is 30.3 Å². The topological polar surface area (TPSA) is 101 Å². The number of phenols is 1. The second-order valence-corrected chi connectivity index (χ2v) is 8.93. The van der Waals surface area contributed by atoms with Gasteiger partial charge < -0.3 is 14.7 Å². The molecule has 0 spiro atoms. The molecule has 148 valence electrons. The zero-order valence-electron chi connectivity index (χ0n) is 15.4. The molecular formula is C20H21NO6S. The summed E-state index contributed by atoms with van der Waals surface area (Å²) in [4.78, 5) is 26.5. The van der Waals surface area contributed by atoms with Gasteiger partial charge in [0.25, 0.3) is 5.91 Å². The lowest BCUT2D eigenvalue weighted by Gasteiger charge is -2.28. The maximum Gasteiger partial charge on any atom is 0.342 e. The molecule has 1 N–H and O–H groups in total. The lowest BCUT2D eigenvalue weighted by molar-refractivity contribution is -0.122. The number of carbonyl (C=O) groups excluding carboxylic acids is 2. The number of carbonyl (C=O) groups is 2. The van der Waals surface area contributed by atoms with Crippen LogP contribution >= 0.6 is 0 Å². The molecule has 3 rings (SSSR count). The van der Waals surface area contributed by atoms with Crippen LogP contribution in [0.5, 0.6) is 5.75 Å². The minimum Gasteiger partial charge on any atom is -0.507 e. The molecule has 0 radical (unpaired) electrons. The predicted molar refractivity (Wildman–Crippen MR) is 104 cm³/mol. The number of rotatable bonds is 5. The Morgan fingerprint density at radius 2 is 1.86 bits per heavy atom. The fraction of sp³-hybridized carbons (Fsp3) is 0.300. The normalized spacial score (nSPS) is 17.8. The summed E-state index contributed by atoms with van der Waals surface area (Å²) in [7, 11) is -3.20. The SMILES string of the molecule is Cc1cccc(C(=O)OCC(=O)N(c2ccccc2)[C@@H]2CCS(=O)(=O)C2)c1O. The number of hydrogen-bond donors (Lipinski definition) is 1. The Bertz CT molecular complexity index is 987. The van der Waals surface area contributed by atoms with Crippen molar-refractivity contribution < 1.29 is 27.9 Å². The molecule has 28 heavy (non-hydrogen) atoms. The summed E-state index contributed by atoms with van der Waals surface area (Å²) in [5.41, 5.74) is 1.04. The summed E-state index contributed by atoms with van der Waals surface area (Å²) >= 11 is 0. The number of aryl methyl sites for hydroxylation is 1. The third kappa shape index (κ3) is 4.33. The monoisotopic (exact) mass is 403 g/mol. The minimum atomic E-state index is -3.20. The molecule has 2 aromatic rings. The van der Waals surface area contributed by atoms with E-state index in [1.165, 1.54) is 11.0 Å².